The Morgan fingerprint density at radius 1 is 1.45 bits per heavy atom. The van der Waals surface area contributed by atoms with Crippen LogP contribution in [0.5, 0.6) is 0 Å². The Morgan fingerprint density at radius 3 is 2.60 bits per heavy atom. The number of piperidine rings is 1. The molecule has 4 nitrogen and oxygen atoms in total. The van der Waals surface area contributed by atoms with E-state index < -0.39 is 9.05 Å². The molecule has 1 aliphatic rings. The first kappa shape index (κ1) is 15.8. The van der Waals surface area contributed by atoms with E-state index in [0.29, 0.717) is 17.0 Å². The van der Waals surface area contributed by atoms with E-state index in [2.05, 4.69) is 6.92 Å². The maximum Gasteiger partial charge on any atom is 0.271 e. The fourth-order valence-corrected chi connectivity index (χ4v) is 5.26. The van der Waals surface area contributed by atoms with Crippen molar-refractivity contribution in [3.8, 4) is 0 Å². The molecule has 1 saturated heterocycles. The fourth-order valence-electron chi connectivity index (χ4n) is 2.71. The standard InChI is InChI=1S/C13H18ClNO3S2/c1-8-4-5-15(9(2)6-8)12(16)11-7-19-13(10(11)3)20(14,17)18/h7-9H,4-6H2,1-3H3. The van der Waals surface area contributed by atoms with Gasteiger partial charge in [0.05, 0.1) is 5.56 Å². The van der Waals surface area contributed by atoms with Crippen molar-refractivity contribution in [3.63, 3.8) is 0 Å². The summed E-state index contributed by atoms with van der Waals surface area (Å²) in [6, 6.07) is 0.182. The largest absolute Gasteiger partial charge is 0.336 e. The van der Waals surface area contributed by atoms with E-state index >= 15 is 0 Å². The van der Waals surface area contributed by atoms with Crippen molar-refractivity contribution >= 4 is 37.0 Å². The third-order valence-corrected chi connectivity index (χ3v) is 7.15. The number of likely N-dealkylation sites (tertiary alicyclic amines) is 1. The molecule has 2 atom stereocenters. The topological polar surface area (TPSA) is 54.5 Å². The molecule has 2 rings (SSSR count). The Morgan fingerprint density at radius 2 is 2.10 bits per heavy atom. The number of carbonyl (C=O) groups excluding carboxylic acids is 1. The van der Waals surface area contributed by atoms with Crippen molar-refractivity contribution in [2.75, 3.05) is 6.54 Å². The highest BCUT2D eigenvalue weighted by atomic mass is 35.7. The highest BCUT2D eigenvalue weighted by Gasteiger charge is 2.30. The monoisotopic (exact) mass is 335 g/mol. The van der Waals surface area contributed by atoms with E-state index in [-0.39, 0.29) is 16.2 Å². The van der Waals surface area contributed by atoms with Crippen molar-refractivity contribution in [3.05, 3.63) is 16.5 Å². The molecule has 0 N–H and O–H groups in total. The number of hydrogen-bond donors (Lipinski definition) is 0. The van der Waals surface area contributed by atoms with Crippen LogP contribution in [0.15, 0.2) is 9.59 Å². The zero-order valence-corrected chi connectivity index (χ0v) is 14.1. The molecule has 0 saturated carbocycles. The van der Waals surface area contributed by atoms with Crippen LogP contribution in [-0.2, 0) is 9.05 Å². The van der Waals surface area contributed by atoms with Gasteiger partial charge >= 0.3 is 0 Å². The molecule has 112 valence electrons. The lowest BCUT2D eigenvalue weighted by atomic mass is 9.93. The molecule has 20 heavy (non-hydrogen) atoms. The van der Waals surface area contributed by atoms with Crippen LogP contribution >= 0.6 is 22.0 Å². The molecule has 0 aliphatic carbocycles. The summed E-state index contributed by atoms with van der Waals surface area (Å²) in [5.74, 6) is 0.529. The van der Waals surface area contributed by atoms with Crippen LogP contribution in [0.3, 0.4) is 0 Å². The fraction of sp³-hybridized carbons (Fsp3) is 0.615. The van der Waals surface area contributed by atoms with Crippen LogP contribution in [0.1, 0.15) is 42.6 Å². The van der Waals surface area contributed by atoms with E-state index in [4.69, 9.17) is 10.7 Å². The first-order valence-electron chi connectivity index (χ1n) is 6.55. The number of halogens is 1. The van der Waals surface area contributed by atoms with Gasteiger partial charge in [-0.2, -0.15) is 0 Å². The number of carbonyl (C=O) groups is 1. The van der Waals surface area contributed by atoms with Gasteiger partial charge in [0.1, 0.15) is 4.21 Å². The van der Waals surface area contributed by atoms with E-state index in [1.165, 1.54) is 0 Å². The van der Waals surface area contributed by atoms with Crippen LogP contribution in [0, 0.1) is 12.8 Å². The van der Waals surface area contributed by atoms with Gasteiger partial charge < -0.3 is 4.90 Å². The van der Waals surface area contributed by atoms with Gasteiger partial charge in [0.25, 0.3) is 15.0 Å². The molecule has 0 bridgehead atoms. The van der Waals surface area contributed by atoms with Crippen LogP contribution in [0.2, 0.25) is 0 Å². The molecule has 0 aromatic carbocycles. The lowest BCUT2D eigenvalue weighted by Gasteiger charge is -2.36. The molecular weight excluding hydrogens is 318 g/mol. The number of amides is 1. The predicted molar refractivity (Wildman–Crippen MR) is 81.0 cm³/mol. The Hall–Kier alpha value is -0.590. The van der Waals surface area contributed by atoms with E-state index in [0.717, 1.165) is 30.7 Å². The van der Waals surface area contributed by atoms with Crippen LogP contribution in [-0.4, -0.2) is 31.8 Å². The third kappa shape index (κ3) is 3.02. The Balaban J connectivity index is 2.29. The number of nitrogens with zero attached hydrogens (tertiary/aromatic N) is 1. The molecule has 1 aromatic heterocycles. The van der Waals surface area contributed by atoms with Crippen molar-refractivity contribution in [2.24, 2.45) is 5.92 Å². The molecule has 0 radical (unpaired) electrons. The van der Waals surface area contributed by atoms with E-state index in [9.17, 15) is 13.2 Å². The normalized spacial score (nSPS) is 23.9. The summed E-state index contributed by atoms with van der Waals surface area (Å²) in [5.41, 5.74) is 0.913. The predicted octanol–water partition coefficient (Wildman–Crippen LogP) is 3.24. The Labute approximate surface area is 128 Å². The number of hydrogen-bond acceptors (Lipinski definition) is 4. The smallest absolute Gasteiger partial charge is 0.271 e. The van der Waals surface area contributed by atoms with Crippen molar-refractivity contribution in [2.45, 2.75) is 43.9 Å². The van der Waals surface area contributed by atoms with Gasteiger partial charge in [0.2, 0.25) is 0 Å². The van der Waals surface area contributed by atoms with Gasteiger partial charge in [0, 0.05) is 28.6 Å². The average Bonchev–Trinajstić information content (AvgIpc) is 2.70. The van der Waals surface area contributed by atoms with Gasteiger partial charge in [0.15, 0.2) is 0 Å². The average molecular weight is 336 g/mol. The molecular formula is C13H18ClNO3S2. The maximum absolute atomic E-state index is 12.6. The lowest BCUT2D eigenvalue weighted by Crippen LogP contribution is -2.44. The number of thiophene rings is 1. The summed E-state index contributed by atoms with van der Waals surface area (Å²) in [6.45, 7) is 6.58. The number of rotatable bonds is 2. The highest BCUT2D eigenvalue weighted by Crippen LogP contribution is 2.31. The van der Waals surface area contributed by atoms with Gasteiger partial charge in [-0.05, 0) is 38.2 Å². The quantitative estimate of drug-likeness (QED) is 0.779. The van der Waals surface area contributed by atoms with Crippen LogP contribution < -0.4 is 0 Å². The minimum atomic E-state index is -3.78. The van der Waals surface area contributed by atoms with Gasteiger partial charge in [-0.1, -0.05) is 6.92 Å². The van der Waals surface area contributed by atoms with Crippen molar-refractivity contribution in [1.82, 2.24) is 4.90 Å². The second-order valence-corrected chi connectivity index (χ2v) is 9.12. The molecule has 1 aromatic rings. The van der Waals surface area contributed by atoms with Crippen LogP contribution in [0.4, 0.5) is 0 Å². The summed E-state index contributed by atoms with van der Waals surface area (Å²) in [5, 5.41) is 1.59. The molecule has 2 unspecified atom stereocenters. The minimum absolute atomic E-state index is 0.0700. The Kier molecular flexibility index (Phi) is 4.47. The maximum atomic E-state index is 12.6. The second-order valence-electron chi connectivity index (χ2n) is 5.48. The van der Waals surface area contributed by atoms with E-state index in [1.807, 2.05) is 11.8 Å². The zero-order chi connectivity index (χ0) is 15.1. The lowest BCUT2D eigenvalue weighted by molar-refractivity contribution is 0.0588. The van der Waals surface area contributed by atoms with Gasteiger partial charge in [-0.3, -0.25) is 4.79 Å². The summed E-state index contributed by atoms with van der Waals surface area (Å²) in [7, 11) is 1.59. The second kappa shape index (κ2) is 5.66. The summed E-state index contributed by atoms with van der Waals surface area (Å²) < 4.78 is 22.9. The first-order chi connectivity index (χ1) is 9.21. The van der Waals surface area contributed by atoms with Gasteiger partial charge in [-0.25, -0.2) is 8.42 Å². The third-order valence-electron chi connectivity index (χ3n) is 3.85. The summed E-state index contributed by atoms with van der Waals surface area (Å²) >= 11 is 1.01. The van der Waals surface area contributed by atoms with E-state index in [1.54, 1.807) is 12.3 Å². The summed E-state index contributed by atoms with van der Waals surface area (Å²) in [6.07, 6.45) is 1.97. The van der Waals surface area contributed by atoms with Crippen LogP contribution in [0.25, 0.3) is 0 Å². The summed E-state index contributed by atoms with van der Waals surface area (Å²) in [4.78, 5) is 14.4. The molecule has 0 spiro atoms. The molecule has 1 aliphatic heterocycles. The SMILES string of the molecule is Cc1c(C(=O)N2CCC(C)CC2C)csc1S(=O)(=O)Cl. The zero-order valence-electron chi connectivity index (χ0n) is 11.7. The highest BCUT2D eigenvalue weighted by molar-refractivity contribution is 8.15. The van der Waals surface area contributed by atoms with Crippen molar-refractivity contribution < 1.29 is 13.2 Å². The molecule has 2 heterocycles. The molecule has 1 fully saturated rings. The first-order valence-corrected chi connectivity index (χ1v) is 9.74. The molecule has 1 amide bonds. The minimum Gasteiger partial charge on any atom is -0.336 e. The molecule has 7 heteroatoms. The van der Waals surface area contributed by atoms with Gasteiger partial charge in [-0.15, -0.1) is 11.3 Å². The Bertz CT molecular complexity index is 624. The van der Waals surface area contributed by atoms with Crippen molar-refractivity contribution in [1.29, 1.82) is 0 Å².